The van der Waals surface area contributed by atoms with Crippen LogP contribution in [-0.4, -0.2) is 5.11 Å². The molecule has 0 spiro atoms. The molecule has 0 saturated carbocycles. The van der Waals surface area contributed by atoms with Gasteiger partial charge >= 0.3 is 0 Å². The lowest BCUT2D eigenvalue weighted by Crippen LogP contribution is -2.46. The summed E-state index contributed by atoms with van der Waals surface area (Å²) in [5.74, 6) is 0. The molecule has 0 aliphatic carbocycles. The van der Waals surface area contributed by atoms with Crippen molar-refractivity contribution < 1.29 is 0 Å². The molecule has 1 saturated heterocycles. The minimum atomic E-state index is 0.580. The molecule has 5 heteroatoms. The molecule has 1 fully saturated rings. The van der Waals surface area contributed by atoms with Gasteiger partial charge in [-0.25, -0.2) is 0 Å². The van der Waals surface area contributed by atoms with Crippen molar-refractivity contribution in [3.63, 3.8) is 0 Å². The van der Waals surface area contributed by atoms with Crippen molar-refractivity contribution in [1.82, 2.24) is 10.9 Å². The zero-order chi connectivity index (χ0) is 14.1. The van der Waals surface area contributed by atoms with Gasteiger partial charge in [0.15, 0.2) is 0 Å². The molecule has 3 rings (SSSR count). The van der Waals surface area contributed by atoms with E-state index in [2.05, 4.69) is 49.0 Å². The molecule has 0 unspecified atom stereocenters. The van der Waals surface area contributed by atoms with E-state index in [0.717, 1.165) is 11.4 Å². The standard InChI is InChI=1S/C15H16N4S/c1-11-7-3-5-9-13(11)18-16-15(20)17-19(18)14-10-6-4-8-12(14)2/h3-10H,1-2H3,(H2,16,17,20). The third-order valence-electron chi connectivity index (χ3n) is 3.30. The van der Waals surface area contributed by atoms with Crippen LogP contribution in [0.1, 0.15) is 11.1 Å². The molecule has 0 aromatic heterocycles. The first-order valence-electron chi connectivity index (χ1n) is 6.45. The summed E-state index contributed by atoms with van der Waals surface area (Å²) in [5.41, 5.74) is 10.8. The molecule has 4 nitrogen and oxygen atoms in total. The predicted octanol–water partition coefficient (Wildman–Crippen LogP) is 2.84. The average molecular weight is 284 g/mol. The van der Waals surface area contributed by atoms with Gasteiger partial charge in [0.2, 0.25) is 5.11 Å². The fourth-order valence-electron chi connectivity index (χ4n) is 2.26. The molecule has 0 amide bonds. The summed E-state index contributed by atoms with van der Waals surface area (Å²) in [6.45, 7) is 4.16. The van der Waals surface area contributed by atoms with Crippen molar-refractivity contribution in [2.24, 2.45) is 0 Å². The molecule has 2 aromatic rings. The Hall–Kier alpha value is -2.27. The van der Waals surface area contributed by atoms with Crippen molar-refractivity contribution in [2.75, 3.05) is 10.2 Å². The molecule has 0 bridgehead atoms. The van der Waals surface area contributed by atoms with Gasteiger partial charge in [0.1, 0.15) is 0 Å². The first kappa shape index (κ1) is 12.7. The van der Waals surface area contributed by atoms with Gasteiger partial charge in [-0.3, -0.25) is 10.9 Å². The van der Waals surface area contributed by atoms with Crippen LogP contribution in [0.4, 0.5) is 11.4 Å². The van der Waals surface area contributed by atoms with Crippen molar-refractivity contribution >= 4 is 28.7 Å². The highest BCUT2D eigenvalue weighted by atomic mass is 32.1. The number of rotatable bonds is 2. The molecule has 0 atom stereocenters. The van der Waals surface area contributed by atoms with E-state index in [0.29, 0.717) is 5.11 Å². The van der Waals surface area contributed by atoms with E-state index in [4.69, 9.17) is 12.2 Å². The summed E-state index contributed by atoms with van der Waals surface area (Å²) in [6, 6.07) is 16.4. The van der Waals surface area contributed by atoms with Crippen molar-refractivity contribution in [3.05, 3.63) is 59.7 Å². The number of thiocarbonyl (C=S) groups is 1. The van der Waals surface area contributed by atoms with E-state index < -0.39 is 0 Å². The summed E-state index contributed by atoms with van der Waals surface area (Å²) < 4.78 is 0. The molecule has 1 aliphatic heterocycles. The Morgan fingerprint density at radius 3 is 1.55 bits per heavy atom. The number of benzene rings is 2. The molecule has 102 valence electrons. The summed E-state index contributed by atoms with van der Waals surface area (Å²) in [6.07, 6.45) is 0. The number of hydrazine groups is 3. The summed E-state index contributed by atoms with van der Waals surface area (Å²) >= 11 is 5.25. The van der Waals surface area contributed by atoms with Gasteiger partial charge < -0.3 is 0 Å². The summed E-state index contributed by atoms with van der Waals surface area (Å²) in [4.78, 5) is 0. The van der Waals surface area contributed by atoms with Gasteiger partial charge in [-0.1, -0.05) is 36.4 Å². The lowest BCUT2D eigenvalue weighted by atomic mass is 10.2. The SMILES string of the molecule is Cc1ccccc1N1NC(=S)NN1c1ccccc1C. The zero-order valence-corrected chi connectivity index (χ0v) is 12.2. The highest BCUT2D eigenvalue weighted by Gasteiger charge is 2.27. The van der Waals surface area contributed by atoms with E-state index >= 15 is 0 Å². The van der Waals surface area contributed by atoms with Crippen molar-refractivity contribution in [2.45, 2.75) is 13.8 Å². The molecule has 0 radical (unpaired) electrons. The van der Waals surface area contributed by atoms with Gasteiger partial charge in [-0.05, 0) is 49.3 Å². The topological polar surface area (TPSA) is 30.5 Å². The smallest absolute Gasteiger partial charge is 0.207 e. The second kappa shape index (κ2) is 5.02. The molecule has 1 heterocycles. The number of nitrogens with zero attached hydrogens (tertiary/aromatic N) is 2. The van der Waals surface area contributed by atoms with Gasteiger partial charge in [-0.2, -0.15) is 10.2 Å². The number of nitrogens with one attached hydrogen (secondary N) is 2. The van der Waals surface area contributed by atoms with Gasteiger partial charge in [0.25, 0.3) is 0 Å². The predicted molar refractivity (Wildman–Crippen MR) is 86.2 cm³/mol. The lowest BCUT2D eigenvalue weighted by molar-refractivity contribution is 0.746. The van der Waals surface area contributed by atoms with E-state index in [9.17, 15) is 0 Å². The fraction of sp³-hybridized carbons (Fsp3) is 0.133. The van der Waals surface area contributed by atoms with Crippen LogP contribution in [-0.2, 0) is 0 Å². The van der Waals surface area contributed by atoms with Crippen LogP contribution >= 0.6 is 12.2 Å². The lowest BCUT2D eigenvalue weighted by Gasteiger charge is -2.30. The quantitative estimate of drug-likeness (QED) is 0.828. The van der Waals surface area contributed by atoms with Crippen molar-refractivity contribution in [1.29, 1.82) is 0 Å². The van der Waals surface area contributed by atoms with Gasteiger partial charge in [-0.15, -0.1) is 0 Å². The van der Waals surface area contributed by atoms with Gasteiger partial charge in [0.05, 0.1) is 11.4 Å². The highest BCUT2D eigenvalue weighted by molar-refractivity contribution is 7.80. The Morgan fingerprint density at radius 2 is 1.15 bits per heavy atom. The van der Waals surface area contributed by atoms with Crippen LogP contribution in [0.15, 0.2) is 48.5 Å². The maximum absolute atomic E-state index is 5.25. The molecule has 2 N–H and O–H groups in total. The Morgan fingerprint density at radius 1 is 0.750 bits per heavy atom. The molecule has 2 aromatic carbocycles. The van der Waals surface area contributed by atoms with Crippen LogP contribution in [0.3, 0.4) is 0 Å². The highest BCUT2D eigenvalue weighted by Crippen LogP contribution is 2.26. The van der Waals surface area contributed by atoms with Crippen LogP contribution in [0.5, 0.6) is 0 Å². The second-order valence-electron chi connectivity index (χ2n) is 4.75. The number of hydrogen-bond donors (Lipinski definition) is 2. The maximum Gasteiger partial charge on any atom is 0.207 e. The monoisotopic (exact) mass is 284 g/mol. The fourth-order valence-corrected chi connectivity index (χ4v) is 2.43. The summed E-state index contributed by atoms with van der Waals surface area (Å²) in [5, 5.41) is 4.44. The normalized spacial score (nSPS) is 14.2. The van der Waals surface area contributed by atoms with Gasteiger partial charge in [0, 0.05) is 0 Å². The zero-order valence-electron chi connectivity index (χ0n) is 11.4. The Bertz CT molecular complexity index is 600. The second-order valence-corrected chi connectivity index (χ2v) is 5.16. The Labute approximate surface area is 123 Å². The van der Waals surface area contributed by atoms with Crippen LogP contribution in [0.2, 0.25) is 0 Å². The first-order chi connectivity index (χ1) is 9.66. The number of aryl methyl sites for hydroxylation is 2. The minimum Gasteiger partial charge on any atom is -0.252 e. The van der Waals surface area contributed by atoms with Crippen LogP contribution < -0.4 is 21.1 Å². The van der Waals surface area contributed by atoms with Crippen molar-refractivity contribution in [3.8, 4) is 0 Å². The largest absolute Gasteiger partial charge is 0.252 e. The Kier molecular flexibility index (Phi) is 3.20. The third-order valence-corrected chi connectivity index (χ3v) is 3.48. The molecule has 1 aliphatic rings. The van der Waals surface area contributed by atoms with Crippen LogP contribution in [0, 0.1) is 13.8 Å². The van der Waals surface area contributed by atoms with Crippen LogP contribution in [0.25, 0.3) is 0 Å². The minimum absolute atomic E-state index is 0.580. The first-order valence-corrected chi connectivity index (χ1v) is 6.86. The maximum atomic E-state index is 5.25. The molecular weight excluding hydrogens is 268 g/mol. The molecule has 20 heavy (non-hydrogen) atoms. The van der Waals surface area contributed by atoms with E-state index in [1.165, 1.54) is 11.1 Å². The summed E-state index contributed by atoms with van der Waals surface area (Å²) in [7, 11) is 0. The third kappa shape index (κ3) is 2.16. The molecular formula is C15H16N4S. The van der Waals surface area contributed by atoms with E-state index in [1.807, 2.05) is 34.5 Å². The number of para-hydroxylation sites is 2. The van der Waals surface area contributed by atoms with E-state index in [1.54, 1.807) is 0 Å². The van der Waals surface area contributed by atoms with E-state index in [-0.39, 0.29) is 0 Å². The number of anilines is 2. The average Bonchev–Trinajstić information content (AvgIpc) is 2.81. The number of hydrogen-bond acceptors (Lipinski definition) is 3. The Balaban J connectivity index is 2.04.